The average molecular weight is 545 g/mol. The van der Waals surface area contributed by atoms with Gasteiger partial charge in [-0.25, -0.2) is 14.6 Å². The molecule has 2 aromatic carbocycles. The predicted octanol–water partition coefficient (Wildman–Crippen LogP) is 5.17. The van der Waals surface area contributed by atoms with E-state index < -0.39 is 17.8 Å². The van der Waals surface area contributed by atoms with E-state index in [0.29, 0.717) is 17.5 Å². The van der Waals surface area contributed by atoms with Crippen molar-refractivity contribution in [3.63, 3.8) is 0 Å². The Kier molecular flexibility index (Phi) is 9.50. The zero-order valence-electron chi connectivity index (χ0n) is 22.6. The van der Waals surface area contributed by atoms with Crippen LogP contribution in [0.5, 0.6) is 0 Å². The second-order valence-corrected chi connectivity index (χ2v) is 9.40. The van der Waals surface area contributed by atoms with Gasteiger partial charge in [0, 0.05) is 22.2 Å². The molecule has 0 bridgehead atoms. The van der Waals surface area contributed by atoms with Crippen LogP contribution < -0.4 is 11.1 Å². The van der Waals surface area contributed by atoms with Gasteiger partial charge in [-0.05, 0) is 73.4 Å². The van der Waals surface area contributed by atoms with E-state index in [9.17, 15) is 24.3 Å². The van der Waals surface area contributed by atoms with Crippen LogP contribution in [-0.4, -0.2) is 46.7 Å². The van der Waals surface area contributed by atoms with Gasteiger partial charge in [-0.3, -0.25) is 15.0 Å². The maximum atomic E-state index is 13.2. The lowest BCUT2D eigenvalue weighted by Gasteiger charge is -2.29. The molecule has 1 amide bonds. The Hall–Kier alpha value is -4.86. The molecular weight excluding hydrogens is 512 g/mol. The molecule has 3 rings (SSSR count). The Balaban J connectivity index is 1.98. The molecule has 0 atom stereocenters. The highest BCUT2D eigenvalue weighted by molar-refractivity contribution is 6.10. The van der Waals surface area contributed by atoms with Crippen LogP contribution >= 0.6 is 0 Å². The number of carbonyl (C=O) groups excluding carboxylic acids is 3. The number of ether oxygens (including phenoxy) is 1. The molecule has 10 heteroatoms. The summed E-state index contributed by atoms with van der Waals surface area (Å²) in [4.78, 5) is 53.9. The van der Waals surface area contributed by atoms with E-state index in [0.717, 1.165) is 19.3 Å². The highest BCUT2D eigenvalue weighted by Gasteiger charge is 2.27. The topological polar surface area (TPSA) is 173 Å². The minimum Gasteiger partial charge on any atom is -0.478 e. The molecule has 0 saturated heterocycles. The number of pyridine rings is 1. The van der Waals surface area contributed by atoms with Crippen molar-refractivity contribution in [1.29, 1.82) is 5.41 Å². The van der Waals surface area contributed by atoms with E-state index in [1.165, 1.54) is 30.3 Å². The lowest BCUT2D eigenvalue weighted by molar-refractivity contribution is 0.0246. The number of carbonyl (C=O) groups is 4. The SMILES string of the molecule is CCC(CC)(CC)COC(=O)c1ccc(-c2ccc(C=O)nc2C(=O)Nc2ccc(C(=N)N)cc2)c(C(=O)O)c1. The molecule has 0 radical (unpaired) electrons. The first-order valence-corrected chi connectivity index (χ1v) is 12.8. The van der Waals surface area contributed by atoms with E-state index in [-0.39, 0.29) is 51.5 Å². The maximum Gasteiger partial charge on any atom is 0.338 e. The van der Waals surface area contributed by atoms with Crippen LogP contribution in [-0.2, 0) is 4.74 Å². The van der Waals surface area contributed by atoms with Crippen molar-refractivity contribution >= 4 is 35.7 Å². The lowest BCUT2D eigenvalue weighted by atomic mass is 9.81. The number of esters is 1. The van der Waals surface area contributed by atoms with Crippen molar-refractivity contribution < 1.29 is 29.0 Å². The van der Waals surface area contributed by atoms with Crippen LogP contribution in [0.4, 0.5) is 5.69 Å². The van der Waals surface area contributed by atoms with Crippen LogP contribution in [0.3, 0.4) is 0 Å². The molecule has 1 aromatic heterocycles. The molecule has 0 aliphatic heterocycles. The van der Waals surface area contributed by atoms with Crippen LogP contribution in [0, 0.1) is 10.8 Å². The fraction of sp³-hybridized carbons (Fsp3) is 0.267. The molecule has 208 valence electrons. The first-order chi connectivity index (χ1) is 19.1. The van der Waals surface area contributed by atoms with Crippen LogP contribution in [0.25, 0.3) is 11.1 Å². The van der Waals surface area contributed by atoms with Gasteiger partial charge in [-0.15, -0.1) is 0 Å². The molecule has 0 saturated carbocycles. The van der Waals surface area contributed by atoms with Crippen molar-refractivity contribution in [2.24, 2.45) is 11.1 Å². The summed E-state index contributed by atoms with van der Waals surface area (Å²) in [5, 5.41) is 20.1. The third-order valence-corrected chi connectivity index (χ3v) is 7.24. The molecule has 1 heterocycles. The number of nitrogens with one attached hydrogen (secondary N) is 2. The number of aromatic carboxylic acids is 1. The van der Waals surface area contributed by atoms with Gasteiger partial charge >= 0.3 is 11.9 Å². The van der Waals surface area contributed by atoms with E-state index in [4.69, 9.17) is 15.9 Å². The number of hydrogen-bond acceptors (Lipinski definition) is 7. The smallest absolute Gasteiger partial charge is 0.338 e. The monoisotopic (exact) mass is 544 g/mol. The van der Waals surface area contributed by atoms with Crippen LogP contribution in [0.2, 0.25) is 0 Å². The normalized spacial score (nSPS) is 11.0. The molecule has 0 aliphatic carbocycles. The standard InChI is InChI=1S/C30H32N4O6/c1-4-30(5-2,6-3)17-40-29(39)19-9-13-22(24(15-19)28(37)38)23-14-12-21(16-35)33-25(23)27(36)34-20-10-7-18(8-11-20)26(31)32/h7-16H,4-6,17H2,1-3H3,(H3,31,32)(H,34,36)(H,37,38). The number of aldehydes is 1. The Labute approximate surface area is 232 Å². The van der Waals surface area contributed by atoms with Gasteiger partial charge in [-0.2, -0.15) is 0 Å². The summed E-state index contributed by atoms with van der Waals surface area (Å²) in [6.45, 7) is 6.33. The minimum atomic E-state index is -1.32. The quantitative estimate of drug-likeness (QED) is 0.105. The lowest BCUT2D eigenvalue weighted by Crippen LogP contribution is -2.26. The summed E-state index contributed by atoms with van der Waals surface area (Å²) in [7, 11) is 0. The molecule has 0 unspecified atom stereocenters. The zero-order chi connectivity index (χ0) is 29.4. The van der Waals surface area contributed by atoms with Crippen molar-refractivity contribution in [2.45, 2.75) is 40.0 Å². The van der Waals surface area contributed by atoms with Gasteiger partial charge in [-0.1, -0.05) is 26.8 Å². The Bertz CT molecular complexity index is 1440. The third kappa shape index (κ3) is 6.58. The number of aromatic nitrogens is 1. The number of amides is 1. The summed E-state index contributed by atoms with van der Waals surface area (Å²) in [5.41, 5.74) is 6.08. The van der Waals surface area contributed by atoms with Crippen molar-refractivity contribution in [3.05, 3.63) is 82.7 Å². The number of benzene rings is 2. The molecule has 0 spiro atoms. The molecule has 0 aliphatic rings. The molecular formula is C30H32N4O6. The fourth-order valence-electron chi connectivity index (χ4n) is 4.29. The van der Waals surface area contributed by atoms with Crippen molar-refractivity contribution in [3.8, 4) is 11.1 Å². The highest BCUT2D eigenvalue weighted by Crippen LogP contribution is 2.32. The maximum absolute atomic E-state index is 13.2. The molecule has 10 nitrogen and oxygen atoms in total. The number of nitrogens with zero attached hydrogens (tertiary/aromatic N) is 1. The van der Waals surface area contributed by atoms with Gasteiger partial charge in [0.2, 0.25) is 0 Å². The number of carboxylic acids is 1. The highest BCUT2D eigenvalue weighted by atomic mass is 16.5. The van der Waals surface area contributed by atoms with E-state index >= 15 is 0 Å². The molecule has 3 aromatic rings. The molecule has 40 heavy (non-hydrogen) atoms. The first kappa shape index (κ1) is 29.7. The van der Waals surface area contributed by atoms with Crippen molar-refractivity contribution in [1.82, 2.24) is 4.98 Å². The Morgan fingerprint density at radius 1 is 0.975 bits per heavy atom. The summed E-state index contributed by atoms with van der Waals surface area (Å²) >= 11 is 0. The third-order valence-electron chi connectivity index (χ3n) is 7.24. The van der Waals surface area contributed by atoms with Gasteiger partial charge in [0.25, 0.3) is 5.91 Å². The van der Waals surface area contributed by atoms with E-state index in [1.807, 2.05) is 20.8 Å². The van der Waals surface area contributed by atoms with Gasteiger partial charge in [0.05, 0.1) is 17.7 Å². The number of nitrogens with two attached hydrogens (primary N) is 1. The molecule has 0 fully saturated rings. The van der Waals surface area contributed by atoms with E-state index in [1.54, 1.807) is 24.3 Å². The van der Waals surface area contributed by atoms with Gasteiger partial charge in [0.1, 0.15) is 17.2 Å². The number of hydrogen-bond donors (Lipinski definition) is 4. The number of carboxylic acid groups (broad SMARTS) is 1. The molecule has 5 N–H and O–H groups in total. The summed E-state index contributed by atoms with van der Waals surface area (Å²) in [5.74, 6) is -2.78. The van der Waals surface area contributed by atoms with Crippen LogP contribution in [0.15, 0.2) is 54.6 Å². The Morgan fingerprint density at radius 2 is 1.57 bits per heavy atom. The summed E-state index contributed by atoms with van der Waals surface area (Å²) < 4.78 is 5.56. The number of rotatable bonds is 12. The zero-order valence-corrected chi connectivity index (χ0v) is 22.6. The van der Waals surface area contributed by atoms with Crippen molar-refractivity contribution in [2.75, 3.05) is 11.9 Å². The van der Waals surface area contributed by atoms with Gasteiger partial charge in [0.15, 0.2) is 6.29 Å². The second-order valence-electron chi connectivity index (χ2n) is 9.40. The number of amidine groups is 1. The summed E-state index contributed by atoms with van der Waals surface area (Å²) in [6.07, 6.45) is 2.98. The average Bonchev–Trinajstić information content (AvgIpc) is 2.97. The Morgan fingerprint density at radius 3 is 2.12 bits per heavy atom. The second kappa shape index (κ2) is 12.8. The predicted molar refractivity (Wildman–Crippen MR) is 151 cm³/mol. The van der Waals surface area contributed by atoms with Gasteiger partial charge < -0.3 is 20.9 Å². The van der Waals surface area contributed by atoms with Crippen LogP contribution in [0.1, 0.15) is 87.3 Å². The number of nitrogen functional groups attached to an aromatic ring is 1. The minimum absolute atomic E-state index is 0.0239. The number of anilines is 1. The van der Waals surface area contributed by atoms with E-state index in [2.05, 4.69) is 10.3 Å². The largest absolute Gasteiger partial charge is 0.478 e. The first-order valence-electron chi connectivity index (χ1n) is 12.8. The summed E-state index contributed by atoms with van der Waals surface area (Å²) in [6, 6.07) is 13.1. The fourth-order valence-corrected chi connectivity index (χ4v) is 4.29.